The Morgan fingerprint density at radius 1 is 1.18 bits per heavy atom. The molecule has 2 rings (SSSR count). The Kier molecular flexibility index (Phi) is 3.38. The standard InChI is InChI=1S/C14H15NO2/c1-10(16)13(12-8-5-9-15-12)14(17)11-6-3-2-4-7-11/h2-4,6-7,15H,5,8-9H2,1H3. The minimum atomic E-state index is -0.178. The fraction of sp³-hybridized carbons (Fsp3) is 0.286. The topological polar surface area (TPSA) is 46.2 Å². The molecule has 0 saturated carbocycles. The van der Waals surface area contributed by atoms with Crippen LogP contribution in [-0.2, 0) is 4.79 Å². The summed E-state index contributed by atoms with van der Waals surface area (Å²) in [5, 5.41) is 3.13. The number of carbonyl (C=O) groups excluding carboxylic acids is 2. The fourth-order valence-corrected chi connectivity index (χ4v) is 2.05. The van der Waals surface area contributed by atoms with E-state index >= 15 is 0 Å². The third-order valence-electron chi connectivity index (χ3n) is 2.86. The van der Waals surface area contributed by atoms with Crippen molar-refractivity contribution in [3.05, 3.63) is 47.2 Å². The van der Waals surface area contributed by atoms with Crippen LogP contribution in [0.1, 0.15) is 30.1 Å². The smallest absolute Gasteiger partial charge is 0.198 e. The van der Waals surface area contributed by atoms with E-state index in [1.54, 1.807) is 24.3 Å². The SMILES string of the molecule is CC(=O)C(C(=O)c1ccccc1)=C1CCCN1. The van der Waals surface area contributed by atoms with Crippen LogP contribution in [0.5, 0.6) is 0 Å². The molecule has 1 aromatic rings. The van der Waals surface area contributed by atoms with Crippen molar-refractivity contribution in [2.45, 2.75) is 19.8 Å². The van der Waals surface area contributed by atoms with Crippen LogP contribution >= 0.6 is 0 Å². The summed E-state index contributed by atoms with van der Waals surface area (Å²) in [6.45, 7) is 2.29. The lowest BCUT2D eigenvalue weighted by molar-refractivity contribution is -0.113. The molecule has 0 aliphatic carbocycles. The number of hydrogen-bond acceptors (Lipinski definition) is 3. The molecule has 3 heteroatoms. The quantitative estimate of drug-likeness (QED) is 0.373. The zero-order valence-corrected chi connectivity index (χ0v) is 9.82. The van der Waals surface area contributed by atoms with Crippen molar-refractivity contribution in [2.24, 2.45) is 0 Å². The van der Waals surface area contributed by atoms with E-state index in [1.165, 1.54) is 6.92 Å². The summed E-state index contributed by atoms with van der Waals surface area (Å²) < 4.78 is 0. The van der Waals surface area contributed by atoms with Crippen molar-refractivity contribution in [3.63, 3.8) is 0 Å². The fourth-order valence-electron chi connectivity index (χ4n) is 2.05. The van der Waals surface area contributed by atoms with Gasteiger partial charge in [0, 0.05) is 17.8 Å². The van der Waals surface area contributed by atoms with Gasteiger partial charge in [0.1, 0.15) is 0 Å². The predicted molar refractivity (Wildman–Crippen MR) is 65.7 cm³/mol. The van der Waals surface area contributed by atoms with Crippen LogP contribution in [-0.4, -0.2) is 18.1 Å². The Balaban J connectivity index is 2.39. The molecule has 1 aliphatic heterocycles. The summed E-state index contributed by atoms with van der Waals surface area (Å²) in [6.07, 6.45) is 1.77. The van der Waals surface area contributed by atoms with Crippen molar-refractivity contribution in [1.82, 2.24) is 5.32 Å². The Morgan fingerprint density at radius 2 is 1.88 bits per heavy atom. The van der Waals surface area contributed by atoms with Crippen molar-refractivity contribution < 1.29 is 9.59 Å². The van der Waals surface area contributed by atoms with Gasteiger partial charge in [0.05, 0.1) is 5.57 Å². The second kappa shape index (κ2) is 4.95. The van der Waals surface area contributed by atoms with Crippen LogP contribution in [0, 0.1) is 0 Å². The van der Waals surface area contributed by atoms with Crippen LogP contribution in [0.2, 0.25) is 0 Å². The van der Waals surface area contributed by atoms with Gasteiger partial charge in [-0.2, -0.15) is 0 Å². The summed E-state index contributed by atoms with van der Waals surface area (Å²) in [5.41, 5.74) is 1.68. The van der Waals surface area contributed by atoms with Crippen molar-refractivity contribution in [3.8, 4) is 0 Å². The molecular formula is C14H15NO2. The third-order valence-corrected chi connectivity index (χ3v) is 2.86. The summed E-state index contributed by atoms with van der Waals surface area (Å²) in [4.78, 5) is 23.9. The Hall–Kier alpha value is -1.90. The molecule has 0 bridgehead atoms. The van der Waals surface area contributed by atoms with E-state index in [4.69, 9.17) is 0 Å². The lowest BCUT2D eigenvalue weighted by Gasteiger charge is -2.08. The van der Waals surface area contributed by atoms with Gasteiger partial charge in [-0.15, -0.1) is 0 Å². The highest BCUT2D eigenvalue weighted by Crippen LogP contribution is 2.19. The molecule has 0 aromatic heterocycles. The van der Waals surface area contributed by atoms with E-state index in [0.29, 0.717) is 11.1 Å². The van der Waals surface area contributed by atoms with E-state index in [-0.39, 0.29) is 11.6 Å². The second-order valence-corrected chi connectivity index (χ2v) is 4.14. The van der Waals surface area contributed by atoms with Crippen LogP contribution in [0.3, 0.4) is 0 Å². The van der Waals surface area contributed by atoms with Crippen molar-refractivity contribution >= 4 is 11.6 Å². The number of rotatable bonds is 3. The van der Waals surface area contributed by atoms with Gasteiger partial charge < -0.3 is 5.32 Å². The summed E-state index contributed by atoms with van der Waals surface area (Å²) >= 11 is 0. The van der Waals surface area contributed by atoms with Gasteiger partial charge in [-0.1, -0.05) is 30.3 Å². The van der Waals surface area contributed by atoms with Gasteiger partial charge in [-0.3, -0.25) is 9.59 Å². The molecule has 1 heterocycles. The van der Waals surface area contributed by atoms with Gasteiger partial charge in [0.25, 0.3) is 0 Å². The van der Waals surface area contributed by atoms with Crippen molar-refractivity contribution in [1.29, 1.82) is 0 Å². The highest BCUT2D eigenvalue weighted by atomic mass is 16.1. The molecule has 0 atom stereocenters. The van der Waals surface area contributed by atoms with Gasteiger partial charge >= 0.3 is 0 Å². The largest absolute Gasteiger partial charge is 0.388 e. The first-order valence-electron chi connectivity index (χ1n) is 5.78. The van der Waals surface area contributed by atoms with Crippen LogP contribution in [0.15, 0.2) is 41.6 Å². The molecule has 1 N–H and O–H groups in total. The van der Waals surface area contributed by atoms with E-state index in [1.807, 2.05) is 6.07 Å². The monoisotopic (exact) mass is 229 g/mol. The number of ketones is 2. The number of Topliss-reactive ketones (excluding diaryl/α,β-unsaturated/α-hetero) is 2. The lowest BCUT2D eigenvalue weighted by atomic mass is 9.98. The van der Waals surface area contributed by atoms with Crippen LogP contribution < -0.4 is 5.32 Å². The molecule has 0 unspecified atom stereocenters. The molecule has 1 aromatic carbocycles. The zero-order chi connectivity index (χ0) is 12.3. The van der Waals surface area contributed by atoms with Gasteiger partial charge in [0.15, 0.2) is 11.6 Å². The lowest BCUT2D eigenvalue weighted by Crippen LogP contribution is -2.18. The van der Waals surface area contributed by atoms with Crippen LogP contribution in [0.25, 0.3) is 0 Å². The van der Waals surface area contributed by atoms with Crippen molar-refractivity contribution in [2.75, 3.05) is 6.54 Å². The minimum Gasteiger partial charge on any atom is -0.388 e. The number of hydrogen-bond donors (Lipinski definition) is 1. The number of carbonyl (C=O) groups is 2. The van der Waals surface area contributed by atoms with Crippen LogP contribution in [0.4, 0.5) is 0 Å². The summed E-state index contributed by atoms with van der Waals surface area (Å²) in [6, 6.07) is 8.93. The van der Waals surface area contributed by atoms with E-state index < -0.39 is 0 Å². The first-order chi connectivity index (χ1) is 8.20. The molecule has 0 amide bonds. The first kappa shape index (κ1) is 11.6. The molecular weight excluding hydrogens is 214 g/mol. The average Bonchev–Trinajstić information content (AvgIpc) is 2.83. The first-order valence-corrected chi connectivity index (χ1v) is 5.78. The Labute approximate surface area is 101 Å². The molecule has 0 spiro atoms. The normalized spacial score (nSPS) is 17.5. The predicted octanol–water partition coefficient (Wildman–Crippen LogP) is 2.10. The zero-order valence-electron chi connectivity index (χ0n) is 9.82. The Bertz CT molecular complexity index is 466. The minimum absolute atomic E-state index is 0.164. The van der Waals surface area contributed by atoms with E-state index in [0.717, 1.165) is 25.1 Å². The molecule has 17 heavy (non-hydrogen) atoms. The maximum atomic E-state index is 12.3. The summed E-state index contributed by atoms with van der Waals surface area (Å²) in [5.74, 6) is -0.342. The summed E-state index contributed by atoms with van der Waals surface area (Å²) in [7, 11) is 0. The van der Waals surface area contributed by atoms with E-state index in [2.05, 4.69) is 5.32 Å². The highest BCUT2D eigenvalue weighted by Gasteiger charge is 2.22. The average molecular weight is 229 g/mol. The number of benzene rings is 1. The Morgan fingerprint density at radius 3 is 2.41 bits per heavy atom. The second-order valence-electron chi connectivity index (χ2n) is 4.14. The number of nitrogens with one attached hydrogen (secondary N) is 1. The van der Waals surface area contributed by atoms with Gasteiger partial charge in [0.2, 0.25) is 0 Å². The van der Waals surface area contributed by atoms with Gasteiger partial charge in [-0.05, 0) is 19.8 Å². The van der Waals surface area contributed by atoms with Gasteiger partial charge in [-0.25, -0.2) is 0 Å². The maximum Gasteiger partial charge on any atom is 0.198 e. The molecule has 1 fully saturated rings. The molecule has 88 valence electrons. The maximum absolute atomic E-state index is 12.3. The molecule has 0 radical (unpaired) electrons. The highest BCUT2D eigenvalue weighted by molar-refractivity contribution is 6.26. The molecule has 3 nitrogen and oxygen atoms in total. The molecule has 1 aliphatic rings. The third kappa shape index (κ3) is 2.44. The number of allylic oxidation sites excluding steroid dienone is 2. The van der Waals surface area contributed by atoms with E-state index in [9.17, 15) is 9.59 Å². The molecule has 1 saturated heterocycles.